The molecule has 2 aromatic rings. The van der Waals surface area contributed by atoms with Crippen molar-refractivity contribution in [2.24, 2.45) is 0 Å². The number of hydrogen-bond donors (Lipinski definition) is 0. The monoisotopic (exact) mass is 420 g/mol. The highest BCUT2D eigenvalue weighted by atomic mass is 32.2. The maximum absolute atomic E-state index is 12.9. The molecule has 0 N–H and O–H groups in total. The van der Waals surface area contributed by atoms with Crippen LogP contribution >= 0.6 is 0 Å². The maximum atomic E-state index is 12.9. The first-order chi connectivity index (χ1) is 14.0. The van der Waals surface area contributed by atoms with Gasteiger partial charge in [-0.25, -0.2) is 17.2 Å². The van der Waals surface area contributed by atoms with Crippen molar-refractivity contribution >= 4 is 21.4 Å². The number of carbonyl (C=O) groups excluding carboxylic acids is 1. The van der Waals surface area contributed by atoms with Gasteiger partial charge in [-0.2, -0.15) is 5.10 Å². The third-order valence-electron chi connectivity index (χ3n) is 5.86. The molecular formula is C20H28N4O4S. The zero-order chi connectivity index (χ0) is 20.4. The van der Waals surface area contributed by atoms with E-state index < -0.39 is 10.0 Å². The number of morpholine rings is 1. The average Bonchev–Trinajstić information content (AvgIpc) is 3.17. The van der Waals surface area contributed by atoms with Gasteiger partial charge in [-0.15, -0.1) is 0 Å². The van der Waals surface area contributed by atoms with Gasteiger partial charge in [0.15, 0.2) is 0 Å². The fourth-order valence-electron chi connectivity index (χ4n) is 4.21. The van der Waals surface area contributed by atoms with Crippen molar-refractivity contribution in [3.63, 3.8) is 0 Å². The van der Waals surface area contributed by atoms with Gasteiger partial charge in [-0.3, -0.25) is 4.79 Å². The molecule has 2 aliphatic rings. The van der Waals surface area contributed by atoms with Crippen molar-refractivity contribution in [3.05, 3.63) is 35.7 Å². The highest BCUT2D eigenvalue weighted by Gasteiger charge is 2.29. The van der Waals surface area contributed by atoms with Crippen LogP contribution in [0.25, 0.3) is 5.52 Å². The van der Waals surface area contributed by atoms with Crippen molar-refractivity contribution in [1.82, 2.24) is 18.8 Å². The van der Waals surface area contributed by atoms with E-state index in [0.717, 1.165) is 23.9 Å². The molecule has 0 unspecified atom stereocenters. The minimum Gasteiger partial charge on any atom is -0.378 e. The molecule has 0 saturated carbocycles. The van der Waals surface area contributed by atoms with Gasteiger partial charge in [-0.05, 0) is 42.9 Å². The van der Waals surface area contributed by atoms with Crippen molar-refractivity contribution in [3.8, 4) is 0 Å². The Kier molecular flexibility index (Phi) is 5.89. The molecule has 2 aliphatic heterocycles. The molecule has 8 nitrogen and oxygen atoms in total. The second kappa shape index (κ2) is 8.41. The van der Waals surface area contributed by atoms with E-state index in [-0.39, 0.29) is 17.6 Å². The molecule has 2 fully saturated rings. The third kappa shape index (κ3) is 4.17. The first-order valence-corrected chi connectivity index (χ1v) is 11.9. The molecule has 0 aliphatic carbocycles. The summed E-state index contributed by atoms with van der Waals surface area (Å²) in [4.78, 5) is 14.7. The van der Waals surface area contributed by atoms with E-state index in [4.69, 9.17) is 4.74 Å². The number of aromatic nitrogens is 2. The summed E-state index contributed by atoms with van der Waals surface area (Å²) < 4.78 is 33.3. The summed E-state index contributed by atoms with van der Waals surface area (Å²) in [6.07, 6.45) is 5.75. The van der Waals surface area contributed by atoms with Crippen molar-refractivity contribution in [1.29, 1.82) is 0 Å². The van der Waals surface area contributed by atoms with Crippen LogP contribution in [0.4, 0.5) is 0 Å². The summed E-state index contributed by atoms with van der Waals surface area (Å²) in [6.45, 7) is 5.32. The summed E-state index contributed by atoms with van der Waals surface area (Å²) in [6, 6.07) is 4.07. The van der Waals surface area contributed by atoms with E-state index in [1.165, 1.54) is 0 Å². The number of amides is 1. The van der Waals surface area contributed by atoms with Crippen LogP contribution in [0.3, 0.4) is 0 Å². The predicted molar refractivity (Wildman–Crippen MR) is 110 cm³/mol. The second-order valence-electron chi connectivity index (χ2n) is 7.74. The predicted octanol–water partition coefficient (Wildman–Crippen LogP) is 1.73. The molecule has 9 heteroatoms. The van der Waals surface area contributed by atoms with Gasteiger partial charge in [0.05, 0.1) is 36.2 Å². The number of ether oxygens (including phenoxy) is 1. The van der Waals surface area contributed by atoms with Crippen molar-refractivity contribution in [2.75, 3.05) is 45.1 Å². The quantitative estimate of drug-likeness (QED) is 0.736. The standard InChI is InChI=1S/C20H28N4O4S/c1-2-13-29(26,27)23-6-3-16(4-7-23)17-5-8-24-19(14-17)18(15-21-24)20(25)22-9-11-28-12-10-22/h5,8,14-16H,2-4,6-7,9-13H2,1H3. The highest BCUT2D eigenvalue weighted by molar-refractivity contribution is 7.89. The minimum atomic E-state index is -3.14. The maximum Gasteiger partial charge on any atom is 0.257 e. The van der Waals surface area contributed by atoms with Crippen LogP contribution in [0.15, 0.2) is 24.5 Å². The Morgan fingerprint density at radius 2 is 1.93 bits per heavy atom. The lowest BCUT2D eigenvalue weighted by Crippen LogP contribution is -2.40. The number of pyridine rings is 1. The highest BCUT2D eigenvalue weighted by Crippen LogP contribution is 2.30. The molecule has 0 spiro atoms. The van der Waals surface area contributed by atoms with Gasteiger partial charge in [0, 0.05) is 32.4 Å². The normalized spacial score (nSPS) is 19.7. The van der Waals surface area contributed by atoms with E-state index in [0.29, 0.717) is 51.4 Å². The molecule has 158 valence electrons. The largest absolute Gasteiger partial charge is 0.378 e. The summed E-state index contributed by atoms with van der Waals surface area (Å²) in [7, 11) is -3.14. The summed E-state index contributed by atoms with van der Waals surface area (Å²) in [5, 5.41) is 4.34. The molecule has 0 atom stereocenters. The van der Waals surface area contributed by atoms with Crippen molar-refractivity contribution < 1.29 is 17.9 Å². The van der Waals surface area contributed by atoms with Gasteiger partial charge in [0.2, 0.25) is 10.0 Å². The van der Waals surface area contributed by atoms with Crippen LogP contribution in [0.1, 0.15) is 48.0 Å². The topological polar surface area (TPSA) is 84.2 Å². The third-order valence-corrected chi connectivity index (χ3v) is 7.93. The number of carbonyl (C=O) groups is 1. The zero-order valence-electron chi connectivity index (χ0n) is 16.8. The lowest BCUT2D eigenvalue weighted by Gasteiger charge is -2.31. The number of sulfonamides is 1. The van der Waals surface area contributed by atoms with Gasteiger partial charge in [0.25, 0.3) is 5.91 Å². The Balaban J connectivity index is 1.51. The second-order valence-corrected chi connectivity index (χ2v) is 9.83. The molecule has 29 heavy (non-hydrogen) atoms. The Morgan fingerprint density at radius 3 is 2.62 bits per heavy atom. The Bertz CT molecular complexity index is 974. The van der Waals surface area contributed by atoms with Gasteiger partial charge >= 0.3 is 0 Å². The summed E-state index contributed by atoms with van der Waals surface area (Å²) >= 11 is 0. The molecular weight excluding hydrogens is 392 g/mol. The van der Waals surface area contributed by atoms with Gasteiger partial charge < -0.3 is 9.64 Å². The Hall–Kier alpha value is -1.97. The Morgan fingerprint density at radius 1 is 1.21 bits per heavy atom. The van der Waals surface area contributed by atoms with Crippen LogP contribution in [0.2, 0.25) is 0 Å². The van der Waals surface area contributed by atoms with Crippen LogP contribution in [0.5, 0.6) is 0 Å². The SMILES string of the molecule is CCCS(=O)(=O)N1CCC(c2ccn3ncc(C(=O)N4CCOCC4)c3c2)CC1. The number of hydrogen-bond acceptors (Lipinski definition) is 5. The van der Waals surface area contributed by atoms with E-state index in [1.54, 1.807) is 15.0 Å². The van der Waals surface area contributed by atoms with Crippen LogP contribution in [0, 0.1) is 0 Å². The van der Waals surface area contributed by atoms with E-state index >= 15 is 0 Å². The van der Waals surface area contributed by atoms with E-state index in [1.807, 2.05) is 30.2 Å². The van der Waals surface area contributed by atoms with Crippen LogP contribution in [-0.2, 0) is 14.8 Å². The number of rotatable bonds is 5. The number of fused-ring (bicyclic) bond motifs is 1. The smallest absolute Gasteiger partial charge is 0.257 e. The molecule has 2 saturated heterocycles. The van der Waals surface area contributed by atoms with E-state index in [2.05, 4.69) is 5.10 Å². The molecule has 4 rings (SSSR count). The fourth-order valence-corrected chi connectivity index (χ4v) is 5.75. The molecule has 0 radical (unpaired) electrons. The first-order valence-electron chi connectivity index (χ1n) is 10.3. The fraction of sp³-hybridized carbons (Fsp3) is 0.600. The summed E-state index contributed by atoms with van der Waals surface area (Å²) in [5.41, 5.74) is 2.55. The Labute approximate surface area is 171 Å². The molecule has 1 amide bonds. The summed E-state index contributed by atoms with van der Waals surface area (Å²) in [5.74, 6) is 0.488. The molecule has 2 aromatic heterocycles. The lowest BCUT2D eigenvalue weighted by molar-refractivity contribution is 0.0304. The zero-order valence-corrected chi connectivity index (χ0v) is 17.6. The average molecular weight is 421 g/mol. The van der Waals surface area contributed by atoms with Crippen LogP contribution < -0.4 is 0 Å². The van der Waals surface area contributed by atoms with Crippen molar-refractivity contribution in [2.45, 2.75) is 32.1 Å². The molecule has 0 bridgehead atoms. The molecule has 4 heterocycles. The lowest BCUT2D eigenvalue weighted by atomic mass is 9.90. The van der Waals surface area contributed by atoms with Crippen LogP contribution in [-0.4, -0.2) is 78.3 Å². The number of piperidine rings is 1. The van der Waals surface area contributed by atoms with Gasteiger partial charge in [-0.1, -0.05) is 6.92 Å². The first kappa shape index (κ1) is 20.3. The van der Waals surface area contributed by atoms with E-state index in [9.17, 15) is 13.2 Å². The number of nitrogens with zero attached hydrogens (tertiary/aromatic N) is 4. The molecule has 0 aromatic carbocycles. The minimum absolute atomic E-state index is 0.0130. The van der Waals surface area contributed by atoms with Gasteiger partial charge in [0.1, 0.15) is 0 Å².